The van der Waals surface area contributed by atoms with E-state index in [1.807, 2.05) is 17.9 Å². The molecule has 1 saturated heterocycles. The van der Waals surface area contributed by atoms with Crippen LogP contribution in [-0.4, -0.2) is 38.9 Å². The summed E-state index contributed by atoms with van der Waals surface area (Å²) in [6.07, 6.45) is -3.47. The second kappa shape index (κ2) is 7.12. The van der Waals surface area contributed by atoms with Gasteiger partial charge in [-0.15, -0.1) is 0 Å². The van der Waals surface area contributed by atoms with Crippen LogP contribution in [0.1, 0.15) is 16.7 Å². The van der Waals surface area contributed by atoms with Crippen LogP contribution in [0.4, 0.5) is 19.0 Å². The van der Waals surface area contributed by atoms with Gasteiger partial charge in [-0.1, -0.05) is 12.1 Å². The zero-order valence-corrected chi connectivity index (χ0v) is 15.9. The van der Waals surface area contributed by atoms with Crippen molar-refractivity contribution >= 4 is 15.8 Å². The van der Waals surface area contributed by atoms with Crippen LogP contribution in [0.25, 0.3) is 0 Å². The molecule has 9 heteroatoms. The largest absolute Gasteiger partial charge is 0.419 e. The van der Waals surface area contributed by atoms with Gasteiger partial charge < -0.3 is 0 Å². The van der Waals surface area contributed by atoms with E-state index in [1.54, 1.807) is 19.1 Å². The Bertz CT molecular complexity index is 920. The normalized spacial score (nSPS) is 16.6. The number of piperazine rings is 1. The molecule has 0 saturated carbocycles. The molecule has 1 fully saturated rings. The highest BCUT2D eigenvalue weighted by molar-refractivity contribution is 7.89. The van der Waals surface area contributed by atoms with Crippen LogP contribution >= 0.6 is 0 Å². The van der Waals surface area contributed by atoms with Gasteiger partial charge in [0.05, 0.1) is 36.6 Å². The van der Waals surface area contributed by atoms with Crippen LogP contribution in [0.15, 0.2) is 41.4 Å². The molecule has 5 nitrogen and oxygen atoms in total. The number of nitrogens with zero attached hydrogens (tertiary/aromatic N) is 2. The van der Waals surface area contributed by atoms with Crippen LogP contribution in [0, 0.1) is 13.8 Å². The summed E-state index contributed by atoms with van der Waals surface area (Å²) in [5.41, 5.74) is 0.818. The third-order valence-electron chi connectivity index (χ3n) is 4.66. The van der Waals surface area contributed by atoms with E-state index in [-0.39, 0.29) is 13.1 Å². The number of hydrogen-bond acceptors (Lipinski definition) is 3. The van der Waals surface area contributed by atoms with Crippen molar-refractivity contribution in [1.29, 1.82) is 0 Å². The number of benzene rings is 1. The maximum absolute atomic E-state index is 12.9. The quantitative estimate of drug-likeness (QED) is 0.796. The number of anilines is 1. The number of nitrogens with one attached hydrogen (secondary N) is 1. The highest BCUT2D eigenvalue weighted by Gasteiger charge is 2.34. The molecule has 1 aliphatic rings. The Balaban J connectivity index is 1.72. The first-order valence-corrected chi connectivity index (χ1v) is 9.94. The number of aromatic nitrogens is 1. The Hall–Kier alpha value is -2.13. The van der Waals surface area contributed by atoms with E-state index in [9.17, 15) is 21.6 Å². The number of H-pyrrole nitrogens is 1. The Labute approximate surface area is 156 Å². The van der Waals surface area contributed by atoms with Crippen molar-refractivity contribution in [2.75, 3.05) is 31.1 Å². The molecule has 1 aromatic carbocycles. The molecule has 0 unspecified atom stereocenters. The smallest absolute Gasteiger partial charge is 0.259 e. The number of hydrogen-bond donors (Lipinski definition) is 0. The van der Waals surface area contributed by atoms with Gasteiger partial charge in [-0.05, 0) is 37.1 Å². The number of aryl methyl sites for hydroxylation is 2. The average Bonchev–Trinajstić information content (AvgIpc) is 2.63. The second-order valence-electron chi connectivity index (χ2n) is 6.62. The van der Waals surface area contributed by atoms with Crippen molar-refractivity contribution in [2.45, 2.75) is 24.9 Å². The van der Waals surface area contributed by atoms with Crippen molar-refractivity contribution in [3.05, 3.63) is 53.2 Å². The molecule has 1 aliphatic heterocycles. The highest BCUT2D eigenvalue weighted by Crippen LogP contribution is 2.29. The molecule has 3 rings (SSSR count). The summed E-state index contributed by atoms with van der Waals surface area (Å²) in [6.45, 7) is 4.93. The zero-order valence-electron chi connectivity index (χ0n) is 15.0. The molecule has 1 aromatic heterocycles. The fraction of sp³-hybridized carbons (Fsp3) is 0.389. The van der Waals surface area contributed by atoms with Gasteiger partial charge in [0.1, 0.15) is 6.20 Å². The minimum Gasteiger partial charge on any atom is -0.259 e. The predicted molar refractivity (Wildman–Crippen MR) is 94.9 cm³/mol. The summed E-state index contributed by atoms with van der Waals surface area (Å²) in [7, 11) is -3.60. The lowest BCUT2D eigenvalue weighted by atomic mass is 10.2. The summed E-state index contributed by atoms with van der Waals surface area (Å²) in [6, 6.07) is 7.71. The molecule has 0 bridgehead atoms. The summed E-state index contributed by atoms with van der Waals surface area (Å²) in [5, 5.41) is 0. The van der Waals surface area contributed by atoms with Crippen LogP contribution in [0.5, 0.6) is 0 Å². The average molecular weight is 400 g/mol. The van der Waals surface area contributed by atoms with Gasteiger partial charge >= 0.3 is 6.18 Å². The Morgan fingerprint density at radius 3 is 2.22 bits per heavy atom. The SMILES string of the molecule is Cc1ccc(C)c(S(=O)(=O)N2CCN(c3ccc(C(F)(F)F)c[nH+]3)CC2)c1. The number of sulfonamides is 1. The fourth-order valence-electron chi connectivity index (χ4n) is 3.08. The number of halogens is 3. The lowest BCUT2D eigenvalue weighted by molar-refractivity contribution is -0.367. The Morgan fingerprint density at radius 2 is 1.67 bits per heavy atom. The molecule has 0 radical (unpaired) electrons. The van der Waals surface area contributed by atoms with Gasteiger partial charge in [0.25, 0.3) is 5.82 Å². The van der Waals surface area contributed by atoms with Crippen molar-refractivity contribution in [1.82, 2.24) is 4.31 Å². The molecule has 0 atom stereocenters. The van der Waals surface area contributed by atoms with E-state index >= 15 is 0 Å². The summed E-state index contributed by atoms with van der Waals surface area (Å²) in [4.78, 5) is 4.80. The first-order chi connectivity index (χ1) is 12.6. The summed E-state index contributed by atoms with van der Waals surface area (Å²) < 4.78 is 65.3. The lowest BCUT2D eigenvalue weighted by Gasteiger charge is -2.30. The molecular weight excluding hydrogens is 379 g/mol. The van der Waals surface area contributed by atoms with E-state index in [2.05, 4.69) is 4.98 Å². The third-order valence-corrected chi connectivity index (χ3v) is 6.71. The van der Waals surface area contributed by atoms with E-state index < -0.39 is 21.8 Å². The standard InChI is InChI=1S/C18H20F3N3O2S/c1-13-3-4-14(2)16(11-13)27(25,26)24-9-7-23(8-10-24)17-6-5-15(12-22-17)18(19,20)21/h3-6,11-12H,7-10H2,1-2H3/p+1. The first kappa shape index (κ1) is 19.6. The molecule has 0 aliphatic carbocycles. The Kier molecular flexibility index (Phi) is 5.18. The molecule has 0 amide bonds. The molecule has 1 N–H and O–H groups in total. The van der Waals surface area contributed by atoms with Crippen LogP contribution in [-0.2, 0) is 16.2 Å². The van der Waals surface area contributed by atoms with E-state index in [4.69, 9.17) is 0 Å². The van der Waals surface area contributed by atoms with Crippen LogP contribution in [0.3, 0.4) is 0 Å². The van der Waals surface area contributed by atoms with Gasteiger partial charge in [-0.25, -0.2) is 13.4 Å². The molecule has 0 spiro atoms. The van der Waals surface area contributed by atoms with Gasteiger partial charge in [-0.2, -0.15) is 17.5 Å². The van der Waals surface area contributed by atoms with Gasteiger partial charge in [-0.3, -0.25) is 4.90 Å². The van der Waals surface area contributed by atoms with Crippen LogP contribution < -0.4 is 9.88 Å². The van der Waals surface area contributed by atoms with Crippen molar-refractivity contribution < 1.29 is 26.6 Å². The number of aromatic amines is 1. The van der Waals surface area contributed by atoms with E-state index in [1.165, 1.54) is 10.4 Å². The first-order valence-electron chi connectivity index (χ1n) is 8.50. The van der Waals surface area contributed by atoms with Crippen molar-refractivity contribution in [2.24, 2.45) is 0 Å². The second-order valence-corrected chi connectivity index (χ2v) is 8.53. The van der Waals surface area contributed by atoms with Gasteiger partial charge in [0, 0.05) is 6.07 Å². The highest BCUT2D eigenvalue weighted by atomic mass is 32.2. The zero-order chi connectivity index (χ0) is 19.8. The molecule has 146 valence electrons. The molecule has 27 heavy (non-hydrogen) atoms. The monoisotopic (exact) mass is 400 g/mol. The number of alkyl halides is 3. The summed E-state index contributed by atoms with van der Waals surface area (Å²) in [5.74, 6) is 0.534. The molecule has 2 aromatic rings. The number of pyridine rings is 1. The van der Waals surface area contributed by atoms with E-state index in [0.29, 0.717) is 29.4 Å². The van der Waals surface area contributed by atoms with Crippen molar-refractivity contribution in [3.8, 4) is 0 Å². The summed E-state index contributed by atoms with van der Waals surface area (Å²) >= 11 is 0. The maximum Gasteiger partial charge on any atom is 0.419 e. The Morgan fingerprint density at radius 1 is 1.00 bits per heavy atom. The van der Waals surface area contributed by atoms with E-state index in [0.717, 1.165) is 17.8 Å². The predicted octanol–water partition coefficient (Wildman–Crippen LogP) is 2.65. The molecule has 2 heterocycles. The third kappa shape index (κ3) is 4.08. The lowest BCUT2D eigenvalue weighted by Crippen LogP contribution is -2.50. The number of rotatable bonds is 3. The molecular formula is C18H21F3N3O2S+. The van der Waals surface area contributed by atoms with Gasteiger partial charge in [0.2, 0.25) is 10.0 Å². The fourth-order valence-corrected chi connectivity index (χ4v) is 4.82. The maximum atomic E-state index is 12.9. The topological polar surface area (TPSA) is 54.8 Å². The van der Waals surface area contributed by atoms with Gasteiger partial charge in [0.15, 0.2) is 0 Å². The minimum atomic E-state index is -4.40. The van der Waals surface area contributed by atoms with Crippen LogP contribution in [0.2, 0.25) is 0 Å². The minimum absolute atomic E-state index is 0.268. The van der Waals surface area contributed by atoms with Crippen molar-refractivity contribution in [3.63, 3.8) is 0 Å².